The minimum Gasteiger partial charge on any atom is -0.440 e. The van der Waals surface area contributed by atoms with E-state index in [4.69, 9.17) is 26.8 Å². The second kappa shape index (κ2) is 8.86. The van der Waals surface area contributed by atoms with Gasteiger partial charge < -0.3 is 24.7 Å². The van der Waals surface area contributed by atoms with Gasteiger partial charge in [-0.2, -0.15) is 5.26 Å². The highest BCUT2D eigenvalue weighted by Crippen LogP contribution is 2.54. The molecule has 8 nitrogen and oxygen atoms in total. The van der Waals surface area contributed by atoms with Crippen LogP contribution in [-0.4, -0.2) is 24.2 Å². The van der Waals surface area contributed by atoms with Crippen LogP contribution in [0.5, 0.6) is 5.75 Å². The number of aryl methyl sites for hydroxylation is 1. The number of hydrogen-bond donors (Lipinski definition) is 1. The van der Waals surface area contributed by atoms with E-state index in [1.165, 1.54) is 4.57 Å². The quantitative estimate of drug-likeness (QED) is 0.572. The fraction of sp³-hybridized carbons (Fsp3) is 0.222. The molecule has 1 atom stereocenters. The topological polar surface area (TPSA) is 111 Å². The molecule has 1 aromatic heterocycles. The number of rotatable bonds is 5. The first-order valence-corrected chi connectivity index (χ1v) is 11.7. The molecule has 3 aromatic rings. The lowest BCUT2D eigenvalue weighted by atomic mass is 9.69. The predicted molar refractivity (Wildman–Crippen MR) is 135 cm³/mol. The summed E-state index contributed by atoms with van der Waals surface area (Å²) in [5.74, 6) is -0.515. The number of pyridine rings is 1. The molecule has 2 aliphatic heterocycles. The number of benzene rings is 2. The van der Waals surface area contributed by atoms with Crippen molar-refractivity contribution in [3.8, 4) is 11.8 Å². The van der Waals surface area contributed by atoms with Crippen molar-refractivity contribution >= 4 is 23.2 Å². The highest BCUT2D eigenvalue weighted by molar-refractivity contribution is 6.31. The molecule has 0 radical (unpaired) electrons. The van der Waals surface area contributed by atoms with E-state index in [2.05, 4.69) is 6.07 Å². The van der Waals surface area contributed by atoms with Crippen LogP contribution in [0.15, 0.2) is 70.8 Å². The number of anilines is 1. The molecule has 3 heterocycles. The van der Waals surface area contributed by atoms with E-state index in [9.17, 15) is 14.9 Å². The Hall–Kier alpha value is -4.06. The third-order valence-electron chi connectivity index (χ3n) is 6.77. The minimum atomic E-state index is -1.76. The van der Waals surface area contributed by atoms with Crippen LogP contribution >= 0.6 is 11.6 Å². The maximum Gasteiger partial charge on any atom is 0.259 e. The van der Waals surface area contributed by atoms with Crippen molar-refractivity contribution in [1.82, 2.24) is 4.57 Å². The van der Waals surface area contributed by atoms with Crippen molar-refractivity contribution in [3.63, 3.8) is 0 Å². The highest BCUT2D eigenvalue weighted by atomic mass is 35.5. The van der Waals surface area contributed by atoms with E-state index in [1.54, 1.807) is 55.3 Å². The lowest BCUT2D eigenvalue weighted by molar-refractivity contribution is -0.121. The SMILES string of the molecule is COCCn1c(C)cc2c(c1=O)C1(C(=O)N(Cc3ccccc3Cl)c3ccccc31)C(C#N)=C(N)O2. The Morgan fingerprint density at radius 3 is 2.61 bits per heavy atom. The Labute approximate surface area is 212 Å². The summed E-state index contributed by atoms with van der Waals surface area (Å²) in [6, 6.07) is 18.1. The normalized spacial score (nSPS) is 18.2. The van der Waals surface area contributed by atoms with Gasteiger partial charge in [0, 0.05) is 41.7 Å². The van der Waals surface area contributed by atoms with E-state index < -0.39 is 16.9 Å². The van der Waals surface area contributed by atoms with E-state index in [0.717, 1.165) is 5.56 Å². The van der Waals surface area contributed by atoms with Crippen molar-refractivity contribution in [2.75, 3.05) is 18.6 Å². The first kappa shape index (κ1) is 23.7. The Morgan fingerprint density at radius 1 is 1.17 bits per heavy atom. The van der Waals surface area contributed by atoms with E-state index >= 15 is 0 Å². The number of carbonyl (C=O) groups excluding carboxylic acids is 1. The average Bonchev–Trinajstić information content (AvgIpc) is 3.09. The Kier molecular flexibility index (Phi) is 5.83. The molecule has 182 valence electrons. The molecule has 2 N–H and O–H groups in total. The largest absolute Gasteiger partial charge is 0.440 e. The van der Waals surface area contributed by atoms with Crippen molar-refractivity contribution in [2.45, 2.75) is 25.4 Å². The van der Waals surface area contributed by atoms with Gasteiger partial charge >= 0.3 is 0 Å². The zero-order chi connectivity index (χ0) is 25.6. The maximum atomic E-state index is 14.5. The number of nitriles is 1. The Balaban J connectivity index is 1.82. The first-order chi connectivity index (χ1) is 17.4. The molecule has 1 unspecified atom stereocenters. The molecule has 0 fully saturated rings. The Morgan fingerprint density at radius 2 is 1.89 bits per heavy atom. The molecule has 9 heteroatoms. The summed E-state index contributed by atoms with van der Waals surface area (Å²) in [4.78, 5) is 30.1. The summed E-state index contributed by atoms with van der Waals surface area (Å²) in [5, 5.41) is 10.7. The number of nitrogens with two attached hydrogens (primary N) is 1. The summed E-state index contributed by atoms with van der Waals surface area (Å²) >= 11 is 6.42. The van der Waals surface area contributed by atoms with Gasteiger partial charge in [-0.25, -0.2) is 0 Å². The van der Waals surface area contributed by atoms with Crippen LogP contribution in [0.4, 0.5) is 5.69 Å². The molecular weight excluding hydrogens is 480 g/mol. The zero-order valence-corrected chi connectivity index (χ0v) is 20.5. The van der Waals surface area contributed by atoms with Crippen LogP contribution in [0.3, 0.4) is 0 Å². The van der Waals surface area contributed by atoms with E-state index in [0.29, 0.717) is 28.6 Å². The number of hydrogen-bond acceptors (Lipinski definition) is 6. The number of methoxy groups -OCH3 is 1. The number of halogens is 1. The number of aromatic nitrogens is 1. The molecule has 0 bridgehead atoms. The van der Waals surface area contributed by atoms with Crippen LogP contribution in [0.1, 0.15) is 22.4 Å². The second-order valence-corrected chi connectivity index (χ2v) is 9.08. The molecule has 5 rings (SSSR count). The number of ether oxygens (including phenoxy) is 2. The third-order valence-corrected chi connectivity index (χ3v) is 7.14. The summed E-state index contributed by atoms with van der Waals surface area (Å²) in [6.07, 6.45) is 0. The van der Waals surface area contributed by atoms with E-state index in [1.807, 2.05) is 18.2 Å². The van der Waals surface area contributed by atoms with Gasteiger partial charge in [0.2, 0.25) is 11.8 Å². The molecule has 1 amide bonds. The summed E-state index contributed by atoms with van der Waals surface area (Å²) in [5.41, 5.74) is 6.38. The van der Waals surface area contributed by atoms with Gasteiger partial charge in [-0.1, -0.05) is 48.0 Å². The fourth-order valence-electron chi connectivity index (χ4n) is 5.14. The molecule has 1 spiro atoms. The van der Waals surface area contributed by atoms with Gasteiger partial charge in [0.1, 0.15) is 17.4 Å². The molecule has 0 saturated heterocycles. The van der Waals surface area contributed by atoms with Gasteiger partial charge in [0.25, 0.3) is 5.56 Å². The maximum absolute atomic E-state index is 14.5. The monoisotopic (exact) mass is 502 g/mol. The number of para-hydroxylation sites is 1. The lowest BCUT2D eigenvalue weighted by Crippen LogP contribution is -2.50. The Bertz CT molecular complexity index is 1540. The first-order valence-electron chi connectivity index (χ1n) is 11.3. The van der Waals surface area contributed by atoms with Gasteiger partial charge in [-0.3, -0.25) is 9.59 Å². The molecule has 36 heavy (non-hydrogen) atoms. The molecule has 0 saturated carbocycles. The van der Waals surface area contributed by atoms with Crippen molar-refractivity contribution in [1.29, 1.82) is 5.26 Å². The molecular formula is C27H23ClN4O4. The second-order valence-electron chi connectivity index (χ2n) is 8.68. The summed E-state index contributed by atoms with van der Waals surface area (Å²) < 4.78 is 12.5. The molecule has 0 aliphatic carbocycles. The van der Waals surface area contributed by atoms with Gasteiger partial charge in [-0.15, -0.1) is 0 Å². The van der Waals surface area contributed by atoms with Crippen molar-refractivity contribution in [3.05, 3.63) is 104 Å². The summed E-state index contributed by atoms with van der Waals surface area (Å²) in [6.45, 7) is 2.47. The fourth-order valence-corrected chi connectivity index (χ4v) is 5.33. The predicted octanol–water partition coefficient (Wildman–Crippen LogP) is 3.38. The third kappa shape index (κ3) is 3.24. The van der Waals surface area contributed by atoms with E-state index in [-0.39, 0.29) is 35.9 Å². The van der Waals surface area contributed by atoms with Gasteiger partial charge in [0.15, 0.2) is 5.41 Å². The molecule has 2 aromatic carbocycles. The van der Waals surface area contributed by atoms with Crippen LogP contribution < -0.4 is 20.9 Å². The zero-order valence-electron chi connectivity index (χ0n) is 19.7. The number of nitrogens with zero attached hydrogens (tertiary/aromatic N) is 3. The van der Waals surface area contributed by atoms with Gasteiger partial charge in [-0.05, 0) is 24.6 Å². The van der Waals surface area contributed by atoms with Crippen molar-refractivity contribution in [2.24, 2.45) is 5.73 Å². The van der Waals surface area contributed by atoms with Crippen molar-refractivity contribution < 1.29 is 14.3 Å². The van der Waals surface area contributed by atoms with Gasteiger partial charge in [0.05, 0.1) is 18.7 Å². The standard InChI is InChI=1S/C27H23ClN4O4/c1-16-13-22-23(25(33)31(16)11-12-35-2)27(19(14-29)24(30)36-22)18-8-4-6-10-21(18)32(26(27)34)15-17-7-3-5-9-20(17)28/h3-10,13H,11-12,15,30H2,1-2H3. The number of fused-ring (bicyclic) bond motifs is 4. The smallest absolute Gasteiger partial charge is 0.259 e. The highest BCUT2D eigenvalue weighted by Gasteiger charge is 2.60. The van der Waals surface area contributed by atoms with Crippen LogP contribution in [0, 0.1) is 18.3 Å². The number of amides is 1. The molecule has 2 aliphatic rings. The summed E-state index contributed by atoms with van der Waals surface area (Å²) in [7, 11) is 1.55. The van der Waals surface area contributed by atoms with Crippen LogP contribution in [-0.2, 0) is 28.0 Å². The number of carbonyl (C=O) groups is 1. The minimum absolute atomic E-state index is 0.0639. The van der Waals surface area contributed by atoms with Crippen LogP contribution in [0.2, 0.25) is 5.02 Å². The average molecular weight is 503 g/mol. The lowest BCUT2D eigenvalue weighted by Gasteiger charge is -2.34. The van der Waals surface area contributed by atoms with Crippen LogP contribution in [0.25, 0.3) is 0 Å².